The molecule has 0 aliphatic rings. The molecule has 0 heteroatoms. The molecule has 0 nitrogen and oxygen atoms in total. The van der Waals surface area contributed by atoms with Gasteiger partial charge in [0, 0.05) is 22.3 Å². The van der Waals surface area contributed by atoms with Gasteiger partial charge in [-0.15, -0.1) is 0 Å². The molecule has 0 saturated carbocycles. The zero-order valence-electron chi connectivity index (χ0n) is 13.9. The maximum atomic E-state index is 3.27. The van der Waals surface area contributed by atoms with Crippen LogP contribution < -0.4 is 0 Å². The molecule has 0 radical (unpaired) electrons. The van der Waals surface area contributed by atoms with E-state index in [9.17, 15) is 0 Å². The first-order chi connectivity index (χ1) is 11.7. The van der Waals surface area contributed by atoms with E-state index in [1.165, 1.54) is 0 Å². The summed E-state index contributed by atoms with van der Waals surface area (Å²) in [6.45, 7) is 4.17. The molecule has 0 bridgehead atoms. The summed E-state index contributed by atoms with van der Waals surface area (Å²) < 4.78 is 0. The molecule has 0 N–H and O–H groups in total. The quantitative estimate of drug-likeness (QED) is 0.507. The Morgan fingerprint density at radius 2 is 0.875 bits per heavy atom. The number of hydrogen-bond donors (Lipinski definition) is 0. The summed E-state index contributed by atoms with van der Waals surface area (Å²) in [6, 6.07) is 24.4. The minimum absolute atomic E-state index is 1.03. The second-order valence-electron chi connectivity index (χ2n) is 5.71. The summed E-state index contributed by atoms with van der Waals surface area (Å²) in [5.41, 5.74) is 6.48. The van der Waals surface area contributed by atoms with Gasteiger partial charge in [0.1, 0.15) is 0 Å². The Morgan fingerprint density at radius 1 is 0.500 bits per heavy atom. The maximum Gasteiger partial charge on any atom is 0.0281 e. The minimum Gasteiger partial charge on any atom is -0.0622 e. The largest absolute Gasteiger partial charge is 0.0622 e. The summed E-state index contributed by atoms with van der Waals surface area (Å²) in [5.74, 6) is 13.0. The molecule has 0 atom stereocenters. The van der Waals surface area contributed by atoms with Crippen molar-refractivity contribution in [2.24, 2.45) is 0 Å². The first-order valence-corrected chi connectivity index (χ1v) is 7.98. The lowest BCUT2D eigenvalue weighted by Crippen LogP contribution is -1.90. The zero-order chi connectivity index (χ0) is 16.8. The molecule has 0 amide bonds. The lowest BCUT2D eigenvalue weighted by Gasteiger charge is -2.04. The normalized spacial score (nSPS) is 9.42. The van der Waals surface area contributed by atoms with Gasteiger partial charge in [-0.2, -0.15) is 0 Å². The van der Waals surface area contributed by atoms with Crippen molar-refractivity contribution in [3.05, 3.63) is 106 Å². The maximum absolute atomic E-state index is 3.27. The van der Waals surface area contributed by atoms with Gasteiger partial charge in [-0.1, -0.05) is 60.1 Å². The van der Waals surface area contributed by atoms with Crippen LogP contribution in [0.1, 0.15) is 33.4 Å². The van der Waals surface area contributed by atoms with E-state index in [4.69, 9.17) is 0 Å². The zero-order valence-corrected chi connectivity index (χ0v) is 13.9. The highest BCUT2D eigenvalue weighted by molar-refractivity contribution is 5.54. The van der Waals surface area contributed by atoms with Crippen molar-refractivity contribution in [3.8, 4) is 23.7 Å². The fourth-order valence-electron chi connectivity index (χ4n) is 2.41. The van der Waals surface area contributed by atoms with Gasteiger partial charge in [0.05, 0.1) is 0 Å². The van der Waals surface area contributed by atoms with Gasteiger partial charge in [0.25, 0.3) is 0 Å². The Balaban J connectivity index is 1.90. The van der Waals surface area contributed by atoms with Crippen LogP contribution in [0.5, 0.6) is 0 Å². The van der Waals surface area contributed by atoms with Crippen molar-refractivity contribution in [3.63, 3.8) is 0 Å². The molecular weight excluding hydrogens is 288 g/mol. The fraction of sp³-hybridized carbons (Fsp3) is 0.0833. The summed E-state index contributed by atoms with van der Waals surface area (Å²) >= 11 is 0. The second-order valence-corrected chi connectivity index (χ2v) is 5.71. The van der Waals surface area contributed by atoms with Gasteiger partial charge in [-0.3, -0.25) is 0 Å². The number of aryl methyl sites for hydroxylation is 2. The molecule has 0 fully saturated rings. The molecule has 3 aromatic carbocycles. The predicted molar refractivity (Wildman–Crippen MR) is 101 cm³/mol. The number of rotatable bonds is 0. The van der Waals surface area contributed by atoms with Gasteiger partial charge < -0.3 is 0 Å². The Kier molecular flexibility index (Phi) is 4.81. The van der Waals surface area contributed by atoms with Gasteiger partial charge in [-0.05, 0) is 61.4 Å². The highest BCUT2D eigenvalue weighted by Crippen LogP contribution is 2.15. The summed E-state index contributed by atoms with van der Waals surface area (Å²) in [4.78, 5) is 0. The second kappa shape index (κ2) is 7.36. The molecule has 3 aromatic rings. The number of benzene rings is 3. The molecule has 3 rings (SSSR count). The first-order valence-electron chi connectivity index (χ1n) is 7.98. The molecule has 0 aliphatic heterocycles. The molecule has 0 saturated heterocycles. The lowest BCUT2D eigenvalue weighted by atomic mass is 10.00. The van der Waals surface area contributed by atoms with Crippen molar-refractivity contribution >= 4 is 0 Å². The van der Waals surface area contributed by atoms with E-state index < -0.39 is 0 Å². The van der Waals surface area contributed by atoms with Crippen LogP contribution in [0.25, 0.3) is 0 Å². The minimum atomic E-state index is 1.03. The molecule has 0 heterocycles. The molecule has 0 spiro atoms. The molecule has 0 unspecified atom stereocenters. The van der Waals surface area contributed by atoms with E-state index in [0.717, 1.165) is 33.4 Å². The average Bonchev–Trinajstić information content (AvgIpc) is 2.62. The highest BCUT2D eigenvalue weighted by Gasteiger charge is 2.01. The van der Waals surface area contributed by atoms with Crippen LogP contribution >= 0.6 is 0 Å². The van der Waals surface area contributed by atoms with Crippen molar-refractivity contribution < 1.29 is 0 Å². The van der Waals surface area contributed by atoms with Crippen molar-refractivity contribution in [2.45, 2.75) is 13.8 Å². The topological polar surface area (TPSA) is 0 Å². The Hall–Kier alpha value is -3.22. The van der Waals surface area contributed by atoms with E-state index in [1.807, 2.05) is 60.7 Å². The smallest absolute Gasteiger partial charge is 0.0281 e. The SMILES string of the molecule is Cc1cc(C#Cc2ccccc2)c(C)cc1C#Cc1ccccc1. The molecule has 24 heavy (non-hydrogen) atoms. The van der Waals surface area contributed by atoms with E-state index in [0.29, 0.717) is 0 Å². The van der Waals surface area contributed by atoms with Crippen LogP contribution in [0.3, 0.4) is 0 Å². The molecule has 114 valence electrons. The van der Waals surface area contributed by atoms with Gasteiger partial charge in [-0.25, -0.2) is 0 Å². The third-order valence-electron chi connectivity index (χ3n) is 3.80. The Morgan fingerprint density at radius 3 is 1.25 bits per heavy atom. The van der Waals surface area contributed by atoms with Gasteiger partial charge in [0.15, 0.2) is 0 Å². The van der Waals surface area contributed by atoms with Crippen molar-refractivity contribution in [1.82, 2.24) is 0 Å². The van der Waals surface area contributed by atoms with Crippen LogP contribution in [-0.4, -0.2) is 0 Å². The van der Waals surface area contributed by atoms with Crippen LogP contribution in [0.4, 0.5) is 0 Å². The highest BCUT2D eigenvalue weighted by atomic mass is 14.0. The van der Waals surface area contributed by atoms with Crippen LogP contribution in [0, 0.1) is 37.5 Å². The molecular formula is C24H18. The van der Waals surface area contributed by atoms with Gasteiger partial charge >= 0.3 is 0 Å². The summed E-state index contributed by atoms with van der Waals surface area (Å²) in [7, 11) is 0. The van der Waals surface area contributed by atoms with Gasteiger partial charge in [0.2, 0.25) is 0 Å². The van der Waals surface area contributed by atoms with Crippen LogP contribution in [0.2, 0.25) is 0 Å². The van der Waals surface area contributed by atoms with Crippen molar-refractivity contribution in [1.29, 1.82) is 0 Å². The Labute approximate surface area is 144 Å². The van der Waals surface area contributed by atoms with E-state index in [1.54, 1.807) is 0 Å². The summed E-state index contributed by atoms with van der Waals surface area (Å²) in [6.07, 6.45) is 0. The lowest BCUT2D eigenvalue weighted by molar-refractivity contribution is 1.35. The fourth-order valence-corrected chi connectivity index (χ4v) is 2.41. The van der Waals surface area contributed by atoms with E-state index in [-0.39, 0.29) is 0 Å². The Bertz CT molecular complexity index is 874. The monoisotopic (exact) mass is 306 g/mol. The first kappa shape index (κ1) is 15.7. The van der Waals surface area contributed by atoms with Crippen LogP contribution in [-0.2, 0) is 0 Å². The average molecular weight is 306 g/mol. The van der Waals surface area contributed by atoms with E-state index >= 15 is 0 Å². The summed E-state index contributed by atoms with van der Waals surface area (Å²) in [5, 5.41) is 0. The number of hydrogen-bond acceptors (Lipinski definition) is 0. The predicted octanol–water partition coefficient (Wildman–Crippen LogP) is 5.10. The third-order valence-corrected chi connectivity index (χ3v) is 3.80. The molecule has 0 aromatic heterocycles. The third kappa shape index (κ3) is 3.95. The van der Waals surface area contributed by atoms with E-state index in [2.05, 4.69) is 49.7 Å². The standard InChI is InChI=1S/C24H18/c1-19-17-24(16-14-22-11-7-4-8-12-22)20(2)18-23(19)15-13-21-9-5-3-6-10-21/h3-12,17-18H,1-2H3. The molecule has 0 aliphatic carbocycles. The van der Waals surface area contributed by atoms with Crippen LogP contribution in [0.15, 0.2) is 72.8 Å². The van der Waals surface area contributed by atoms with Crippen molar-refractivity contribution in [2.75, 3.05) is 0 Å².